The minimum absolute atomic E-state index is 0.105. The Bertz CT molecular complexity index is 393. The highest BCUT2D eigenvalue weighted by Gasteiger charge is 2.08. The third-order valence-corrected chi connectivity index (χ3v) is 1.54. The van der Waals surface area contributed by atoms with Crippen LogP contribution < -0.4 is 0 Å². The lowest BCUT2D eigenvalue weighted by atomic mass is 10.3. The number of hydrogen-bond acceptors (Lipinski definition) is 4. The van der Waals surface area contributed by atoms with Gasteiger partial charge in [-0.3, -0.25) is 0 Å². The Morgan fingerprint density at radius 2 is 2.31 bits per heavy atom. The molecule has 1 aromatic rings. The number of hydrogen-bond donors (Lipinski definition) is 0. The predicted octanol–water partition coefficient (Wildman–Crippen LogP) is 0.215. The smallest absolute Gasteiger partial charge is 0.176 e. The molecule has 13 heavy (non-hydrogen) atoms. The number of nitrogens with zero attached hydrogens (tertiary/aromatic N) is 4. The van der Waals surface area contributed by atoms with E-state index in [9.17, 15) is 4.79 Å². The molecule has 5 heteroatoms. The molecule has 0 radical (unpaired) electrons. The number of carbonyl (C=O) groups excluding carboxylic acids is 1. The van der Waals surface area contributed by atoms with E-state index >= 15 is 0 Å². The Morgan fingerprint density at radius 1 is 1.54 bits per heavy atom. The molecule has 0 fully saturated rings. The fourth-order valence-electron chi connectivity index (χ4n) is 0.943. The van der Waals surface area contributed by atoms with E-state index in [0.717, 1.165) is 6.29 Å². The summed E-state index contributed by atoms with van der Waals surface area (Å²) in [5.41, 5.74) is 0.317. The maximum Gasteiger partial charge on any atom is 0.176 e. The van der Waals surface area contributed by atoms with Crippen molar-refractivity contribution in [3.05, 3.63) is 17.7 Å². The van der Waals surface area contributed by atoms with Gasteiger partial charge < -0.3 is 9.36 Å². The van der Waals surface area contributed by atoms with Gasteiger partial charge in [-0.2, -0.15) is 10.5 Å². The molecule has 1 aromatic heterocycles. The van der Waals surface area contributed by atoms with Crippen LogP contribution in [0.1, 0.15) is 17.8 Å². The van der Waals surface area contributed by atoms with Gasteiger partial charge in [0.25, 0.3) is 0 Å². The fraction of sp³-hybridized carbons (Fsp3) is 0.250. The number of rotatable bonds is 3. The molecule has 0 saturated heterocycles. The monoisotopic (exact) mass is 174 g/mol. The SMILES string of the molecule is N#Cc1ncn(CCC=O)c1C#N. The Hall–Kier alpha value is -2.14. The molecule has 0 aliphatic heterocycles. The molecule has 0 spiro atoms. The van der Waals surface area contributed by atoms with Crippen LogP contribution in [-0.4, -0.2) is 15.8 Å². The van der Waals surface area contributed by atoms with Crippen molar-refractivity contribution in [2.24, 2.45) is 0 Å². The van der Waals surface area contributed by atoms with Gasteiger partial charge in [0, 0.05) is 13.0 Å². The molecule has 64 valence electrons. The molecule has 1 heterocycles. The number of nitriles is 2. The molecular weight excluding hydrogens is 168 g/mol. The number of imidazole rings is 1. The average Bonchev–Trinajstić information content (AvgIpc) is 2.56. The number of aldehydes is 1. The van der Waals surface area contributed by atoms with E-state index in [1.54, 1.807) is 6.07 Å². The Morgan fingerprint density at radius 3 is 2.85 bits per heavy atom. The van der Waals surface area contributed by atoms with Crippen LogP contribution in [-0.2, 0) is 11.3 Å². The van der Waals surface area contributed by atoms with E-state index in [2.05, 4.69) is 4.98 Å². The Labute approximate surface area is 74.8 Å². The van der Waals surface area contributed by atoms with Crippen LogP contribution >= 0.6 is 0 Å². The van der Waals surface area contributed by atoms with Crippen molar-refractivity contribution in [1.29, 1.82) is 10.5 Å². The van der Waals surface area contributed by atoms with Gasteiger partial charge in [0.05, 0.1) is 6.33 Å². The van der Waals surface area contributed by atoms with Gasteiger partial charge in [-0.05, 0) is 0 Å². The first-order valence-corrected chi connectivity index (χ1v) is 3.62. The van der Waals surface area contributed by atoms with Gasteiger partial charge in [0.15, 0.2) is 11.4 Å². The molecule has 0 amide bonds. The summed E-state index contributed by atoms with van der Waals surface area (Å²) in [5.74, 6) is 0. The second-order valence-electron chi connectivity index (χ2n) is 2.31. The van der Waals surface area contributed by atoms with Crippen LogP contribution in [0.4, 0.5) is 0 Å². The Balaban J connectivity index is 2.97. The van der Waals surface area contributed by atoms with Crippen LogP contribution in [0.15, 0.2) is 6.33 Å². The summed E-state index contributed by atoms with van der Waals surface area (Å²) < 4.78 is 1.49. The first kappa shape index (κ1) is 8.95. The first-order valence-electron chi connectivity index (χ1n) is 3.62. The quantitative estimate of drug-likeness (QED) is 0.613. The van der Waals surface area contributed by atoms with Crippen molar-refractivity contribution >= 4 is 6.29 Å². The molecule has 0 aromatic carbocycles. The lowest BCUT2D eigenvalue weighted by Gasteiger charge is -1.97. The summed E-state index contributed by atoms with van der Waals surface area (Å²) in [6, 6.07) is 3.67. The van der Waals surface area contributed by atoms with Crippen LogP contribution in [0.5, 0.6) is 0 Å². The number of aromatic nitrogens is 2. The zero-order chi connectivity index (χ0) is 9.68. The van der Waals surface area contributed by atoms with Crippen molar-refractivity contribution in [2.45, 2.75) is 13.0 Å². The Kier molecular flexibility index (Phi) is 2.77. The molecule has 5 nitrogen and oxygen atoms in total. The van der Waals surface area contributed by atoms with Gasteiger partial charge in [-0.1, -0.05) is 0 Å². The lowest BCUT2D eigenvalue weighted by Crippen LogP contribution is -2.00. The van der Waals surface area contributed by atoms with Crippen molar-refractivity contribution < 1.29 is 4.79 Å². The zero-order valence-electron chi connectivity index (χ0n) is 6.77. The highest BCUT2D eigenvalue weighted by Crippen LogP contribution is 2.04. The summed E-state index contributed by atoms with van der Waals surface area (Å²) in [7, 11) is 0. The third kappa shape index (κ3) is 1.71. The summed E-state index contributed by atoms with van der Waals surface area (Å²) in [6.45, 7) is 0.390. The molecule has 0 aliphatic carbocycles. The van der Waals surface area contributed by atoms with Crippen LogP contribution in [0, 0.1) is 22.7 Å². The van der Waals surface area contributed by atoms with Crippen molar-refractivity contribution in [2.75, 3.05) is 0 Å². The van der Waals surface area contributed by atoms with E-state index < -0.39 is 0 Å². The molecule has 0 N–H and O–H groups in total. The summed E-state index contributed by atoms with van der Waals surface area (Å²) in [6.07, 6.45) is 2.46. The van der Waals surface area contributed by atoms with E-state index in [4.69, 9.17) is 10.5 Å². The molecular formula is C8H6N4O. The van der Waals surface area contributed by atoms with Gasteiger partial charge in [0.2, 0.25) is 0 Å². The number of aryl methyl sites for hydroxylation is 1. The normalized spacial score (nSPS) is 8.77. The standard InChI is InChI=1S/C8H6N4O/c9-4-7-8(5-10)12(6-11-7)2-1-3-13/h3,6H,1-2H2. The predicted molar refractivity (Wildman–Crippen MR) is 42.3 cm³/mol. The van der Waals surface area contributed by atoms with E-state index in [0.29, 0.717) is 13.0 Å². The van der Waals surface area contributed by atoms with Gasteiger partial charge in [-0.25, -0.2) is 4.98 Å². The lowest BCUT2D eigenvalue weighted by molar-refractivity contribution is -0.108. The molecule has 0 saturated carbocycles. The second-order valence-corrected chi connectivity index (χ2v) is 2.31. The average molecular weight is 174 g/mol. The van der Waals surface area contributed by atoms with Gasteiger partial charge >= 0.3 is 0 Å². The molecule has 0 unspecified atom stereocenters. The highest BCUT2D eigenvalue weighted by atomic mass is 16.1. The first-order chi connectivity index (χ1) is 6.33. The maximum absolute atomic E-state index is 10.1. The van der Waals surface area contributed by atoms with Crippen molar-refractivity contribution in [3.8, 4) is 12.1 Å². The molecule has 0 bridgehead atoms. The van der Waals surface area contributed by atoms with Crippen LogP contribution in [0.3, 0.4) is 0 Å². The van der Waals surface area contributed by atoms with Crippen molar-refractivity contribution in [1.82, 2.24) is 9.55 Å². The second kappa shape index (κ2) is 4.03. The maximum atomic E-state index is 10.1. The van der Waals surface area contributed by atoms with Crippen LogP contribution in [0.25, 0.3) is 0 Å². The molecule has 0 atom stereocenters. The topological polar surface area (TPSA) is 82.5 Å². The highest BCUT2D eigenvalue weighted by molar-refractivity contribution is 5.49. The van der Waals surface area contributed by atoms with E-state index in [1.165, 1.54) is 10.9 Å². The molecule has 0 aliphatic rings. The van der Waals surface area contributed by atoms with E-state index in [1.807, 2.05) is 6.07 Å². The summed E-state index contributed by atoms with van der Waals surface area (Å²) >= 11 is 0. The van der Waals surface area contributed by atoms with Crippen LogP contribution in [0.2, 0.25) is 0 Å². The molecule has 1 rings (SSSR count). The largest absolute Gasteiger partial charge is 0.321 e. The summed E-state index contributed by atoms with van der Waals surface area (Å²) in [4.78, 5) is 13.8. The van der Waals surface area contributed by atoms with Gasteiger partial charge in [-0.15, -0.1) is 0 Å². The number of carbonyl (C=O) groups is 1. The minimum atomic E-state index is 0.105. The fourth-order valence-corrected chi connectivity index (χ4v) is 0.943. The van der Waals surface area contributed by atoms with Gasteiger partial charge in [0.1, 0.15) is 18.4 Å². The third-order valence-electron chi connectivity index (χ3n) is 1.54. The summed E-state index contributed by atoms with van der Waals surface area (Å²) in [5, 5.41) is 17.2. The minimum Gasteiger partial charge on any atom is -0.321 e. The van der Waals surface area contributed by atoms with E-state index in [-0.39, 0.29) is 11.4 Å². The zero-order valence-corrected chi connectivity index (χ0v) is 6.77. The van der Waals surface area contributed by atoms with Crippen molar-refractivity contribution in [3.63, 3.8) is 0 Å².